The Balaban J connectivity index is 1.39. The summed E-state index contributed by atoms with van der Waals surface area (Å²) >= 11 is 7.19. The molecule has 3 aromatic rings. The molecule has 0 aliphatic carbocycles. The SMILES string of the molecule is N#Cc1c(Cl)nsc1N1CC(OCc2cccc3ccccc23)C1. The lowest BCUT2D eigenvalue weighted by molar-refractivity contribution is 0.0232. The van der Waals surface area contributed by atoms with Crippen LogP contribution in [0.5, 0.6) is 0 Å². The van der Waals surface area contributed by atoms with E-state index in [1.165, 1.54) is 27.9 Å². The maximum atomic E-state index is 9.15. The minimum atomic E-state index is 0.163. The summed E-state index contributed by atoms with van der Waals surface area (Å²) in [5, 5.41) is 12.7. The quantitative estimate of drug-likeness (QED) is 0.702. The molecule has 4 rings (SSSR count). The van der Waals surface area contributed by atoms with Gasteiger partial charge in [0.1, 0.15) is 16.6 Å². The molecule has 1 fully saturated rings. The van der Waals surface area contributed by atoms with Crippen molar-refractivity contribution in [2.24, 2.45) is 0 Å². The molecular weight excluding hydrogens is 342 g/mol. The zero-order valence-electron chi connectivity index (χ0n) is 12.8. The number of anilines is 1. The van der Waals surface area contributed by atoms with Crippen LogP contribution in [0.25, 0.3) is 10.8 Å². The number of nitrogens with zero attached hydrogens (tertiary/aromatic N) is 3. The average Bonchev–Trinajstić information content (AvgIpc) is 2.94. The standard InChI is InChI=1S/C18H14ClN3OS/c19-17-16(8-20)18(24-21-17)22-9-14(10-22)23-11-13-6-3-5-12-4-1-2-7-15(12)13/h1-7,14H,9-11H2. The zero-order chi connectivity index (χ0) is 16.5. The molecule has 6 heteroatoms. The van der Waals surface area contributed by atoms with Crippen LogP contribution in [0.3, 0.4) is 0 Å². The summed E-state index contributed by atoms with van der Waals surface area (Å²) in [6.07, 6.45) is 0.163. The van der Waals surface area contributed by atoms with E-state index in [2.05, 4.69) is 45.7 Å². The van der Waals surface area contributed by atoms with Gasteiger partial charge in [0.25, 0.3) is 0 Å². The summed E-state index contributed by atoms with van der Waals surface area (Å²) in [5.41, 5.74) is 1.67. The summed E-state index contributed by atoms with van der Waals surface area (Å²) in [6, 6.07) is 16.7. The predicted octanol–water partition coefficient (Wildman–Crippen LogP) is 4.23. The Bertz CT molecular complexity index is 922. The molecule has 0 N–H and O–H groups in total. The number of hydrogen-bond acceptors (Lipinski definition) is 5. The Morgan fingerprint density at radius 1 is 1.25 bits per heavy atom. The molecular formula is C18H14ClN3OS. The lowest BCUT2D eigenvalue weighted by Gasteiger charge is -2.39. The first-order valence-corrected chi connectivity index (χ1v) is 8.80. The fraction of sp³-hybridized carbons (Fsp3) is 0.222. The topological polar surface area (TPSA) is 49.2 Å². The smallest absolute Gasteiger partial charge is 0.162 e. The second kappa shape index (κ2) is 6.40. The van der Waals surface area contributed by atoms with Gasteiger partial charge in [-0.05, 0) is 27.9 Å². The third-order valence-corrected chi connectivity index (χ3v) is 5.52. The number of fused-ring (bicyclic) bond motifs is 1. The van der Waals surface area contributed by atoms with E-state index in [1.807, 2.05) is 12.1 Å². The molecule has 0 amide bonds. The molecule has 0 spiro atoms. The van der Waals surface area contributed by atoms with Gasteiger partial charge in [-0.2, -0.15) is 9.64 Å². The van der Waals surface area contributed by atoms with Crippen LogP contribution >= 0.6 is 23.1 Å². The van der Waals surface area contributed by atoms with Gasteiger partial charge in [0.05, 0.1) is 12.7 Å². The number of ether oxygens (including phenoxy) is 1. The molecule has 2 aromatic carbocycles. The maximum absolute atomic E-state index is 9.15. The van der Waals surface area contributed by atoms with E-state index < -0.39 is 0 Å². The van der Waals surface area contributed by atoms with Gasteiger partial charge in [-0.1, -0.05) is 54.1 Å². The molecule has 0 saturated carbocycles. The van der Waals surface area contributed by atoms with Crippen molar-refractivity contribution in [3.05, 3.63) is 58.7 Å². The molecule has 2 heterocycles. The Morgan fingerprint density at radius 2 is 2.04 bits per heavy atom. The first kappa shape index (κ1) is 15.4. The lowest BCUT2D eigenvalue weighted by atomic mass is 10.1. The number of benzene rings is 2. The highest BCUT2D eigenvalue weighted by Gasteiger charge is 2.31. The second-order valence-corrected chi connectivity index (χ2v) is 6.85. The van der Waals surface area contributed by atoms with Crippen LogP contribution in [0.2, 0.25) is 5.15 Å². The summed E-state index contributed by atoms with van der Waals surface area (Å²) in [4.78, 5) is 2.09. The molecule has 0 radical (unpaired) electrons. The van der Waals surface area contributed by atoms with Crippen LogP contribution < -0.4 is 4.90 Å². The Kier molecular flexibility index (Phi) is 4.11. The van der Waals surface area contributed by atoms with E-state index in [-0.39, 0.29) is 11.3 Å². The van der Waals surface area contributed by atoms with Crippen LogP contribution in [0.15, 0.2) is 42.5 Å². The van der Waals surface area contributed by atoms with Crippen molar-refractivity contribution in [1.82, 2.24) is 4.37 Å². The van der Waals surface area contributed by atoms with Gasteiger partial charge in [-0.25, -0.2) is 0 Å². The first-order valence-electron chi connectivity index (χ1n) is 7.64. The van der Waals surface area contributed by atoms with Crippen LogP contribution in [-0.2, 0) is 11.3 Å². The highest BCUT2D eigenvalue weighted by molar-refractivity contribution is 7.10. The van der Waals surface area contributed by atoms with Crippen LogP contribution in [-0.4, -0.2) is 23.6 Å². The second-order valence-electron chi connectivity index (χ2n) is 5.74. The molecule has 1 aliphatic rings. The van der Waals surface area contributed by atoms with Crippen LogP contribution in [0, 0.1) is 11.3 Å². The van der Waals surface area contributed by atoms with Crippen molar-refractivity contribution < 1.29 is 4.74 Å². The van der Waals surface area contributed by atoms with Gasteiger partial charge < -0.3 is 9.64 Å². The molecule has 1 saturated heterocycles. The third kappa shape index (κ3) is 2.73. The fourth-order valence-corrected chi connectivity index (χ4v) is 3.96. The molecule has 1 aliphatic heterocycles. The minimum Gasteiger partial charge on any atom is -0.370 e. The summed E-state index contributed by atoms with van der Waals surface area (Å²) in [6.45, 7) is 2.12. The van der Waals surface area contributed by atoms with Crippen LogP contribution in [0.4, 0.5) is 5.00 Å². The summed E-state index contributed by atoms with van der Waals surface area (Å²) < 4.78 is 10.1. The average molecular weight is 356 g/mol. The monoisotopic (exact) mass is 355 g/mol. The van der Waals surface area contributed by atoms with Crippen molar-refractivity contribution >= 4 is 38.9 Å². The van der Waals surface area contributed by atoms with Gasteiger partial charge in [-0.15, -0.1) is 0 Å². The Labute approximate surface area is 149 Å². The van der Waals surface area contributed by atoms with Gasteiger partial charge in [0, 0.05) is 13.1 Å². The normalized spacial score (nSPS) is 14.6. The number of halogens is 1. The van der Waals surface area contributed by atoms with Gasteiger partial charge in [-0.3, -0.25) is 0 Å². The van der Waals surface area contributed by atoms with Gasteiger partial charge in [0.2, 0.25) is 0 Å². The van der Waals surface area contributed by atoms with E-state index >= 15 is 0 Å². The zero-order valence-corrected chi connectivity index (χ0v) is 14.3. The van der Waals surface area contributed by atoms with E-state index in [0.717, 1.165) is 18.1 Å². The fourth-order valence-electron chi connectivity index (χ4n) is 2.91. The van der Waals surface area contributed by atoms with Crippen molar-refractivity contribution in [2.75, 3.05) is 18.0 Å². The summed E-state index contributed by atoms with van der Waals surface area (Å²) in [7, 11) is 0. The predicted molar refractivity (Wildman–Crippen MR) is 96.6 cm³/mol. The molecule has 24 heavy (non-hydrogen) atoms. The van der Waals surface area contributed by atoms with E-state index in [9.17, 15) is 0 Å². The van der Waals surface area contributed by atoms with Crippen molar-refractivity contribution in [1.29, 1.82) is 5.26 Å². The van der Waals surface area contributed by atoms with E-state index in [0.29, 0.717) is 12.2 Å². The molecule has 4 nitrogen and oxygen atoms in total. The van der Waals surface area contributed by atoms with Gasteiger partial charge >= 0.3 is 0 Å². The first-order chi connectivity index (χ1) is 11.8. The number of hydrogen-bond donors (Lipinski definition) is 0. The number of aromatic nitrogens is 1. The Morgan fingerprint density at radius 3 is 2.88 bits per heavy atom. The largest absolute Gasteiger partial charge is 0.370 e. The van der Waals surface area contributed by atoms with Gasteiger partial charge in [0.15, 0.2) is 5.15 Å². The third-order valence-electron chi connectivity index (χ3n) is 4.23. The molecule has 0 unspecified atom stereocenters. The maximum Gasteiger partial charge on any atom is 0.162 e. The van der Waals surface area contributed by atoms with E-state index in [1.54, 1.807) is 0 Å². The van der Waals surface area contributed by atoms with Crippen molar-refractivity contribution in [2.45, 2.75) is 12.7 Å². The lowest BCUT2D eigenvalue weighted by Crippen LogP contribution is -2.52. The van der Waals surface area contributed by atoms with Crippen LogP contribution in [0.1, 0.15) is 11.1 Å². The molecule has 0 atom stereocenters. The molecule has 1 aromatic heterocycles. The number of nitriles is 1. The number of rotatable bonds is 4. The Hall–Kier alpha value is -2.13. The minimum absolute atomic E-state index is 0.163. The van der Waals surface area contributed by atoms with E-state index in [4.69, 9.17) is 21.6 Å². The van der Waals surface area contributed by atoms with Crippen molar-refractivity contribution in [3.8, 4) is 6.07 Å². The summed E-state index contributed by atoms with van der Waals surface area (Å²) in [5.74, 6) is 0. The molecule has 120 valence electrons. The molecule has 0 bridgehead atoms. The van der Waals surface area contributed by atoms with Crippen molar-refractivity contribution in [3.63, 3.8) is 0 Å². The highest BCUT2D eigenvalue weighted by atomic mass is 35.5. The highest BCUT2D eigenvalue weighted by Crippen LogP contribution is 2.34.